The molecule has 1 saturated heterocycles. The van der Waals surface area contributed by atoms with E-state index in [0.29, 0.717) is 6.54 Å². The van der Waals surface area contributed by atoms with Crippen LogP contribution in [0.1, 0.15) is 39.7 Å². The van der Waals surface area contributed by atoms with Crippen molar-refractivity contribution in [1.82, 2.24) is 15.2 Å². The Morgan fingerprint density at radius 1 is 1.18 bits per heavy atom. The van der Waals surface area contributed by atoms with E-state index in [1.54, 1.807) is 23.4 Å². The topological polar surface area (TPSA) is 99.6 Å². The second-order valence-corrected chi connectivity index (χ2v) is 9.17. The number of carbonyl (C=O) groups is 3. The number of rotatable bonds is 5. The number of aromatic nitrogens is 1. The van der Waals surface area contributed by atoms with Crippen molar-refractivity contribution < 1.29 is 19.5 Å². The average molecular weight is 387 g/mol. The summed E-state index contributed by atoms with van der Waals surface area (Å²) in [6, 6.07) is 3.66. The molecule has 1 saturated carbocycles. The van der Waals surface area contributed by atoms with Crippen molar-refractivity contribution in [2.45, 2.75) is 40.7 Å². The van der Waals surface area contributed by atoms with Gasteiger partial charge in [0.15, 0.2) is 0 Å². The molecule has 1 aliphatic carbocycles. The zero-order valence-electron chi connectivity index (χ0n) is 16.9. The highest BCUT2D eigenvalue weighted by Gasteiger charge is 2.69. The first-order valence-corrected chi connectivity index (χ1v) is 9.74. The van der Waals surface area contributed by atoms with Gasteiger partial charge in [0.25, 0.3) is 0 Å². The maximum Gasteiger partial charge on any atom is 0.308 e. The first kappa shape index (κ1) is 20.3. The maximum atomic E-state index is 13.1. The zero-order valence-corrected chi connectivity index (χ0v) is 16.9. The van der Waals surface area contributed by atoms with Crippen molar-refractivity contribution in [2.75, 3.05) is 13.1 Å². The van der Waals surface area contributed by atoms with Crippen LogP contribution in [-0.2, 0) is 20.9 Å². The number of amides is 2. The van der Waals surface area contributed by atoms with Gasteiger partial charge < -0.3 is 15.3 Å². The van der Waals surface area contributed by atoms with E-state index in [0.717, 1.165) is 5.56 Å². The molecule has 0 radical (unpaired) electrons. The summed E-state index contributed by atoms with van der Waals surface area (Å²) in [6.07, 6.45) is 3.58. The van der Waals surface area contributed by atoms with Gasteiger partial charge in [-0.05, 0) is 28.9 Å². The summed E-state index contributed by atoms with van der Waals surface area (Å²) in [5.74, 6) is -2.62. The van der Waals surface area contributed by atoms with Gasteiger partial charge in [0.1, 0.15) is 0 Å². The van der Waals surface area contributed by atoms with Crippen LogP contribution in [0, 0.1) is 28.6 Å². The van der Waals surface area contributed by atoms with E-state index in [-0.39, 0.29) is 48.1 Å². The van der Waals surface area contributed by atoms with Crippen LogP contribution in [0.2, 0.25) is 0 Å². The van der Waals surface area contributed by atoms with Crippen molar-refractivity contribution in [2.24, 2.45) is 28.6 Å². The van der Waals surface area contributed by atoms with E-state index in [4.69, 9.17) is 0 Å². The van der Waals surface area contributed by atoms with Gasteiger partial charge in [0.05, 0.1) is 11.8 Å². The lowest BCUT2D eigenvalue weighted by molar-refractivity contribution is -0.149. The first-order chi connectivity index (χ1) is 13.1. The van der Waals surface area contributed by atoms with Crippen molar-refractivity contribution >= 4 is 17.8 Å². The Hall–Kier alpha value is -2.44. The number of carboxylic acids is 1. The van der Waals surface area contributed by atoms with Crippen LogP contribution in [0.5, 0.6) is 0 Å². The molecule has 1 aliphatic heterocycles. The average Bonchev–Trinajstić information content (AvgIpc) is 3.08. The lowest BCUT2D eigenvalue weighted by Gasteiger charge is -2.36. The molecular formula is C21H29N3O4. The van der Waals surface area contributed by atoms with Crippen LogP contribution in [0.4, 0.5) is 0 Å². The van der Waals surface area contributed by atoms with E-state index in [1.807, 2.05) is 6.07 Å². The Labute approximate surface area is 165 Å². The van der Waals surface area contributed by atoms with Crippen molar-refractivity contribution in [3.8, 4) is 0 Å². The summed E-state index contributed by atoms with van der Waals surface area (Å²) < 4.78 is 0. The maximum absolute atomic E-state index is 13.1. The molecule has 1 aromatic rings. The number of carboxylic acid groups (broad SMARTS) is 1. The quantitative estimate of drug-likeness (QED) is 0.804. The van der Waals surface area contributed by atoms with E-state index in [2.05, 4.69) is 38.0 Å². The molecule has 0 bridgehead atoms. The fourth-order valence-corrected chi connectivity index (χ4v) is 4.48. The molecule has 28 heavy (non-hydrogen) atoms. The minimum atomic E-state index is -0.961. The van der Waals surface area contributed by atoms with Crippen LogP contribution in [-0.4, -0.2) is 45.9 Å². The third-order valence-corrected chi connectivity index (χ3v) is 6.94. The number of piperidine rings is 1. The molecule has 2 N–H and O–H groups in total. The van der Waals surface area contributed by atoms with Gasteiger partial charge in [-0.3, -0.25) is 19.4 Å². The number of likely N-dealkylation sites (tertiary alicyclic amines) is 1. The van der Waals surface area contributed by atoms with Crippen LogP contribution >= 0.6 is 0 Å². The molecule has 7 heteroatoms. The van der Waals surface area contributed by atoms with E-state index < -0.39 is 17.8 Å². The first-order valence-electron chi connectivity index (χ1n) is 9.74. The van der Waals surface area contributed by atoms with Gasteiger partial charge >= 0.3 is 5.97 Å². The molecule has 7 nitrogen and oxygen atoms in total. The molecular weight excluding hydrogens is 358 g/mol. The Bertz CT molecular complexity index is 761. The molecule has 2 heterocycles. The highest BCUT2D eigenvalue weighted by atomic mass is 16.4. The molecule has 2 aliphatic rings. The molecule has 152 valence electrons. The predicted octanol–water partition coefficient (Wildman–Crippen LogP) is 1.93. The van der Waals surface area contributed by atoms with E-state index >= 15 is 0 Å². The number of carbonyl (C=O) groups excluding carboxylic acids is 2. The second-order valence-electron chi connectivity index (χ2n) is 9.17. The summed E-state index contributed by atoms with van der Waals surface area (Å²) in [5.41, 5.74) is 0.618. The Morgan fingerprint density at radius 3 is 2.36 bits per heavy atom. The summed E-state index contributed by atoms with van der Waals surface area (Å²) in [4.78, 5) is 43.0. The molecule has 2 fully saturated rings. The van der Waals surface area contributed by atoms with Crippen molar-refractivity contribution in [1.29, 1.82) is 0 Å². The van der Waals surface area contributed by atoms with Crippen molar-refractivity contribution in [3.05, 3.63) is 30.1 Å². The highest BCUT2D eigenvalue weighted by Crippen LogP contribution is 2.68. The van der Waals surface area contributed by atoms with Gasteiger partial charge in [-0.1, -0.05) is 33.8 Å². The predicted molar refractivity (Wildman–Crippen MR) is 103 cm³/mol. The summed E-state index contributed by atoms with van der Waals surface area (Å²) in [5, 5.41) is 12.4. The van der Waals surface area contributed by atoms with E-state index in [9.17, 15) is 19.5 Å². The normalized spacial score (nSPS) is 25.8. The minimum absolute atomic E-state index is 0.0361. The van der Waals surface area contributed by atoms with Crippen LogP contribution in [0.25, 0.3) is 0 Å². The highest BCUT2D eigenvalue weighted by molar-refractivity contribution is 5.87. The number of aliphatic carboxylic acids is 1. The second kappa shape index (κ2) is 7.18. The fourth-order valence-electron chi connectivity index (χ4n) is 4.48. The number of nitrogens with one attached hydrogen (secondary N) is 1. The third kappa shape index (κ3) is 3.62. The van der Waals surface area contributed by atoms with Crippen LogP contribution < -0.4 is 5.32 Å². The molecule has 2 amide bonds. The number of hydrogen-bond donors (Lipinski definition) is 2. The number of nitrogens with zero attached hydrogens (tertiary/aromatic N) is 2. The Kier molecular flexibility index (Phi) is 5.21. The Balaban J connectivity index is 1.69. The molecule has 0 spiro atoms. The van der Waals surface area contributed by atoms with Gasteiger partial charge in [0, 0.05) is 37.9 Å². The van der Waals surface area contributed by atoms with Crippen LogP contribution in [0.3, 0.4) is 0 Å². The standard InChI is InChI=1S/C21H29N3O4/c1-20(2)16(21(20,3)4)18(26)24-11-14(8-15(12-24)19(27)28)17(25)23-10-13-6-5-7-22-9-13/h5-7,9,14-16H,8,10-12H2,1-4H3,(H,23,25)(H,27,28)/t14-,15-/m1/s1. The molecule has 0 aromatic carbocycles. The van der Waals surface area contributed by atoms with Gasteiger partial charge in [0.2, 0.25) is 11.8 Å². The van der Waals surface area contributed by atoms with Gasteiger partial charge in [-0.25, -0.2) is 0 Å². The lowest BCUT2D eigenvalue weighted by atomic mass is 9.88. The zero-order chi connectivity index (χ0) is 20.7. The largest absolute Gasteiger partial charge is 0.481 e. The van der Waals surface area contributed by atoms with Crippen LogP contribution in [0.15, 0.2) is 24.5 Å². The SMILES string of the molecule is CC1(C)C(C(=O)N2C[C@H](C(=O)O)C[C@@H](C(=O)NCc3cccnc3)C2)C1(C)C. The summed E-state index contributed by atoms with van der Waals surface area (Å²) in [6.45, 7) is 9.02. The monoisotopic (exact) mass is 387 g/mol. The van der Waals surface area contributed by atoms with Crippen molar-refractivity contribution in [3.63, 3.8) is 0 Å². The fraction of sp³-hybridized carbons (Fsp3) is 0.619. The summed E-state index contributed by atoms with van der Waals surface area (Å²) >= 11 is 0. The Morgan fingerprint density at radius 2 is 1.82 bits per heavy atom. The smallest absolute Gasteiger partial charge is 0.308 e. The molecule has 2 atom stereocenters. The molecule has 3 rings (SSSR count). The van der Waals surface area contributed by atoms with E-state index in [1.165, 1.54) is 0 Å². The number of hydrogen-bond acceptors (Lipinski definition) is 4. The lowest BCUT2D eigenvalue weighted by Crippen LogP contribution is -2.51. The van der Waals surface area contributed by atoms with Gasteiger partial charge in [-0.2, -0.15) is 0 Å². The molecule has 0 unspecified atom stereocenters. The molecule has 1 aromatic heterocycles. The van der Waals surface area contributed by atoms with Gasteiger partial charge in [-0.15, -0.1) is 0 Å². The summed E-state index contributed by atoms with van der Waals surface area (Å²) in [7, 11) is 0. The number of pyridine rings is 1. The third-order valence-electron chi connectivity index (χ3n) is 6.94. The minimum Gasteiger partial charge on any atom is -0.481 e.